The molecular formula is C10H17N3. The number of hydrogen-bond donors (Lipinski definition) is 0. The molecule has 0 unspecified atom stereocenters. The molecule has 2 saturated carbocycles. The van der Waals surface area contributed by atoms with Crippen molar-refractivity contribution < 1.29 is 0 Å². The summed E-state index contributed by atoms with van der Waals surface area (Å²) in [7, 11) is 0. The third-order valence-electron chi connectivity index (χ3n) is 4.27. The van der Waals surface area contributed by atoms with E-state index in [0.717, 1.165) is 18.3 Å². The zero-order valence-electron chi connectivity index (χ0n) is 8.57. The molecule has 2 aliphatic carbocycles. The molecule has 2 rings (SSSR count). The van der Waals surface area contributed by atoms with Crippen LogP contribution in [-0.2, 0) is 0 Å². The van der Waals surface area contributed by atoms with Gasteiger partial charge in [-0.3, -0.25) is 0 Å². The molecule has 0 spiro atoms. The molecule has 0 heterocycles. The molecule has 72 valence electrons. The van der Waals surface area contributed by atoms with Crippen LogP contribution in [-0.4, -0.2) is 6.04 Å². The highest BCUT2D eigenvalue weighted by Crippen LogP contribution is 2.66. The van der Waals surface area contributed by atoms with Gasteiger partial charge in [0.15, 0.2) is 0 Å². The normalized spacial score (nSPS) is 46.1. The molecule has 13 heavy (non-hydrogen) atoms. The molecule has 0 aromatic carbocycles. The van der Waals surface area contributed by atoms with Crippen molar-refractivity contribution in [3.05, 3.63) is 10.4 Å². The van der Waals surface area contributed by atoms with Gasteiger partial charge in [0, 0.05) is 11.0 Å². The van der Waals surface area contributed by atoms with Gasteiger partial charge in [0.1, 0.15) is 0 Å². The van der Waals surface area contributed by atoms with E-state index >= 15 is 0 Å². The summed E-state index contributed by atoms with van der Waals surface area (Å²) in [6.07, 6.45) is 2.37. The molecule has 0 radical (unpaired) electrons. The van der Waals surface area contributed by atoms with Crippen molar-refractivity contribution in [2.24, 2.45) is 28.3 Å². The van der Waals surface area contributed by atoms with Crippen molar-refractivity contribution in [1.29, 1.82) is 0 Å². The SMILES string of the molecule is C[C@@H]1C[C@H]2[C@@H](C[C@@H]1N=[N+]=[N-])C2(C)C. The van der Waals surface area contributed by atoms with Gasteiger partial charge in [-0.15, -0.1) is 0 Å². The topological polar surface area (TPSA) is 48.8 Å². The molecule has 4 atom stereocenters. The van der Waals surface area contributed by atoms with E-state index in [1.165, 1.54) is 6.42 Å². The Morgan fingerprint density at radius 3 is 2.54 bits per heavy atom. The molecule has 0 aliphatic heterocycles. The number of fused-ring (bicyclic) bond motifs is 1. The van der Waals surface area contributed by atoms with Crippen LogP contribution >= 0.6 is 0 Å². The largest absolute Gasteiger partial charge is 0.0903 e. The van der Waals surface area contributed by atoms with Gasteiger partial charge in [-0.2, -0.15) is 0 Å². The predicted molar refractivity (Wildman–Crippen MR) is 52.1 cm³/mol. The molecule has 2 fully saturated rings. The van der Waals surface area contributed by atoms with E-state index in [4.69, 9.17) is 5.53 Å². The van der Waals surface area contributed by atoms with Crippen LogP contribution in [0.2, 0.25) is 0 Å². The minimum absolute atomic E-state index is 0.257. The summed E-state index contributed by atoms with van der Waals surface area (Å²) >= 11 is 0. The summed E-state index contributed by atoms with van der Waals surface area (Å²) in [5, 5.41) is 3.89. The highest BCUT2D eigenvalue weighted by molar-refractivity contribution is 5.10. The molecule has 0 bridgehead atoms. The van der Waals surface area contributed by atoms with Gasteiger partial charge < -0.3 is 0 Å². The van der Waals surface area contributed by atoms with E-state index in [9.17, 15) is 0 Å². The van der Waals surface area contributed by atoms with Crippen molar-refractivity contribution in [2.45, 2.75) is 39.7 Å². The summed E-state index contributed by atoms with van der Waals surface area (Å²) in [6, 6.07) is 0.257. The third kappa shape index (κ3) is 1.22. The van der Waals surface area contributed by atoms with Crippen LogP contribution in [0, 0.1) is 23.2 Å². The van der Waals surface area contributed by atoms with Crippen molar-refractivity contribution in [3.63, 3.8) is 0 Å². The number of nitrogens with zero attached hydrogens (tertiary/aromatic N) is 3. The van der Waals surface area contributed by atoms with E-state index in [1.54, 1.807) is 0 Å². The first kappa shape index (κ1) is 8.89. The summed E-state index contributed by atoms with van der Waals surface area (Å²) in [4.78, 5) is 2.94. The van der Waals surface area contributed by atoms with E-state index in [0.29, 0.717) is 11.3 Å². The maximum absolute atomic E-state index is 8.42. The maximum Gasteiger partial charge on any atom is 0.0402 e. The molecule has 3 nitrogen and oxygen atoms in total. The Bertz CT molecular complexity index is 265. The Labute approximate surface area is 79.1 Å². The lowest BCUT2D eigenvalue weighted by Gasteiger charge is -2.23. The van der Waals surface area contributed by atoms with Crippen LogP contribution in [0.4, 0.5) is 0 Å². The maximum atomic E-state index is 8.42. The molecular weight excluding hydrogens is 162 g/mol. The Morgan fingerprint density at radius 1 is 1.31 bits per heavy atom. The average Bonchev–Trinajstić information content (AvgIpc) is 2.56. The van der Waals surface area contributed by atoms with Crippen molar-refractivity contribution >= 4 is 0 Å². The van der Waals surface area contributed by atoms with Crippen LogP contribution in [0.3, 0.4) is 0 Å². The van der Waals surface area contributed by atoms with Crippen molar-refractivity contribution in [2.75, 3.05) is 0 Å². The first-order chi connectivity index (χ1) is 6.07. The lowest BCUT2D eigenvalue weighted by Crippen LogP contribution is -2.21. The molecule has 0 N–H and O–H groups in total. The monoisotopic (exact) mass is 179 g/mol. The zero-order chi connectivity index (χ0) is 9.64. The van der Waals surface area contributed by atoms with E-state index in [2.05, 4.69) is 30.8 Å². The van der Waals surface area contributed by atoms with E-state index in [1.807, 2.05) is 0 Å². The molecule has 2 aliphatic rings. The molecule has 0 aromatic rings. The Balaban J connectivity index is 2.09. The summed E-state index contributed by atoms with van der Waals surface area (Å²) in [5.74, 6) is 2.30. The highest BCUT2D eigenvalue weighted by atomic mass is 15.2. The minimum atomic E-state index is 0.257. The van der Waals surface area contributed by atoms with Gasteiger partial charge in [-0.05, 0) is 41.5 Å². The van der Waals surface area contributed by atoms with Gasteiger partial charge in [0.05, 0.1) is 0 Å². The summed E-state index contributed by atoms with van der Waals surface area (Å²) in [5.41, 5.74) is 8.95. The summed E-state index contributed by atoms with van der Waals surface area (Å²) < 4.78 is 0. The second-order valence-electron chi connectivity index (χ2n) is 5.26. The van der Waals surface area contributed by atoms with Gasteiger partial charge >= 0.3 is 0 Å². The van der Waals surface area contributed by atoms with E-state index < -0.39 is 0 Å². The minimum Gasteiger partial charge on any atom is -0.0903 e. The lowest BCUT2D eigenvalue weighted by molar-refractivity contribution is 0.317. The number of azide groups is 1. The smallest absolute Gasteiger partial charge is 0.0402 e. The third-order valence-corrected chi connectivity index (χ3v) is 4.27. The fourth-order valence-corrected chi connectivity index (χ4v) is 3.07. The Hall–Kier alpha value is -0.690. The molecule has 0 amide bonds. The first-order valence-corrected chi connectivity index (χ1v) is 5.11. The molecule has 3 heteroatoms. The van der Waals surface area contributed by atoms with Gasteiger partial charge in [0.25, 0.3) is 0 Å². The zero-order valence-corrected chi connectivity index (χ0v) is 8.57. The second kappa shape index (κ2) is 2.65. The summed E-state index contributed by atoms with van der Waals surface area (Å²) in [6.45, 7) is 6.89. The molecule has 0 aromatic heterocycles. The van der Waals surface area contributed by atoms with Crippen LogP contribution in [0.25, 0.3) is 10.4 Å². The van der Waals surface area contributed by atoms with Crippen LogP contribution in [0.5, 0.6) is 0 Å². The van der Waals surface area contributed by atoms with E-state index in [-0.39, 0.29) is 6.04 Å². The Morgan fingerprint density at radius 2 is 1.92 bits per heavy atom. The number of rotatable bonds is 1. The highest BCUT2D eigenvalue weighted by Gasteiger charge is 2.60. The first-order valence-electron chi connectivity index (χ1n) is 5.11. The van der Waals surface area contributed by atoms with Crippen molar-refractivity contribution in [1.82, 2.24) is 0 Å². The van der Waals surface area contributed by atoms with Crippen LogP contribution < -0.4 is 0 Å². The van der Waals surface area contributed by atoms with Gasteiger partial charge in [-0.25, -0.2) is 0 Å². The van der Waals surface area contributed by atoms with Crippen LogP contribution in [0.15, 0.2) is 5.11 Å². The Kier molecular flexibility index (Phi) is 1.81. The fourth-order valence-electron chi connectivity index (χ4n) is 3.07. The van der Waals surface area contributed by atoms with Gasteiger partial charge in [0.2, 0.25) is 0 Å². The van der Waals surface area contributed by atoms with Crippen LogP contribution in [0.1, 0.15) is 33.6 Å². The van der Waals surface area contributed by atoms with Gasteiger partial charge in [-0.1, -0.05) is 25.9 Å². The average molecular weight is 179 g/mol. The quantitative estimate of drug-likeness (QED) is 0.336. The molecule has 0 saturated heterocycles. The van der Waals surface area contributed by atoms with Crippen molar-refractivity contribution in [3.8, 4) is 0 Å². The fraction of sp³-hybridized carbons (Fsp3) is 1.00. The lowest BCUT2D eigenvalue weighted by atomic mass is 9.87. The standard InChI is InChI=1S/C10H17N3/c1-6-4-7-8(10(7,2)3)5-9(6)12-13-11/h6-9H,4-5H2,1-3H3/t6-,7+,8-,9+/m1/s1. The number of hydrogen-bond acceptors (Lipinski definition) is 1. The predicted octanol–water partition coefficient (Wildman–Crippen LogP) is 3.37. The second-order valence-corrected chi connectivity index (χ2v) is 5.26.